The van der Waals surface area contributed by atoms with Crippen LogP contribution in [0.5, 0.6) is 0 Å². The number of ether oxygens (including phenoxy) is 1. The SMILES string of the molecule is COC(=O)CSCC(C)(C)C. The lowest BCUT2D eigenvalue weighted by Gasteiger charge is -2.16. The van der Waals surface area contributed by atoms with Gasteiger partial charge in [-0.1, -0.05) is 20.8 Å². The Hall–Kier alpha value is -0.180. The number of hydrogen-bond acceptors (Lipinski definition) is 3. The summed E-state index contributed by atoms with van der Waals surface area (Å²) in [6, 6.07) is 0. The molecule has 0 heterocycles. The minimum atomic E-state index is -0.140. The van der Waals surface area contributed by atoms with Gasteiger partial charge in [-0.05, 0) is 11.2 Å². The molecule has 0 aliphatic heterocycles. The van der Waals surface area contributed by atoms with Gasteiger partial charge in [-0.3, -0.25) is 4.79 Å². The van der Waals surface area contributed by atoms with Crippen LogP contribution in [0.15, 0.2) is 0 Å². The minimum absolute atomic E-state index is 0.140. The summed E-state index contributed by atoms with van der Waals surface area (Å²) >= 11 is 1.62. The molecule has 0 unspecified atom stereocenters. The van der Waals surface area contributed by atoms with Crippen LogP contribution in [0.2, 0.25) is 0 Å². The van der Waals surface area contributed by atoms with Gasteiger partial charge in [-0.15, -0.1) is 11.8 Å². The smallest absolute Gasteiger partial charge is 0.315 e. The van der Waals surface area contributed by atoms with E-state index in [1.807, 2.05) is 0 Å². The highest BCUT2D eigenvalue weighted by atomic mass is 32.2. The van der Waals surface area contributed by atoms with Gasteiger partial charge in [0.1, 0.15) is 0 Å². The Labute approximate surface area is 72.7 Å². The fraction of sp³-hybridized carbons (Fsp3) is 0.875. The molecular formula is C8H16O2S. The molecule has 0 aromatic heterocycles. The summed E-state index contributed by atoms with van der Waals surface area (Å²) in [6.45, 7) is 6.45. The molecule has 0 aliphatic carbocycles. The molecule has 0 bridgehead atoms. The second-order valence-electron chi connectivity index (χ2n) is 3.63. The summed E-state index contributed by atoms with van der Waals surface area (Å²) in [6.07, 6.45) is 0. The Morgan fingerprint density at radius 1 is 1.45 bits per heavy atom. The molecule has 0 aliphatic rings. The molecule has 0 rings (SSSR count). The van der Waals surface area contributed by atoms with Gasteiger partial charge in [0.05, 0.1) is 12.9 Å². The molecule has 11 heavy (non-hydrogen) atoms. The van der Waals surface area contributed by atoms with Crippen LogP contribution >= 0.6 is 11.8 Å². The summed E-state index contributed by atoms with van der Waals surface area (Å²) in [4.78, 5) is 10.7. The highest BCUT2D eigenvalue weighted by molar-refractivity contribution is 7.99. The first kappa shape index (κ1) is 10.8. The zero-order chi connectivity index (χ0) is 8.91. The first-order valence-electron chi connectivity index (χ1n) is 3.60. The average molecular weight is 176 g/mol. The quantitative estimate of drug-likeness (QED) is 0.615. The van der Waals surface area contributed by atoms with Gasteiger partial charge in [0, 0.05) is 0 Å². The molecule has 3 heteroatoms. The van der Waals surface area contributed by atoms with E-state index in [0.29, 0.717) is 11.2 Å². The fourth-order valence-electron chi connectivity index (χ4n) is 0.499. The molecule has 0 saturated heterocycles. The van der Waals surface area contributed by atoms with Crippen LogP contribution in [0, 0.1) is 5.41 Å². The maximum Gasteiger partial charge on any atom is 0.315 e. The van der Waals surface area contributed by atoms with Crippen LogP contribution in [0.3, 0.4) is 0 Å². The second kappa shape index (κ2) is 4.65. The van der Waals surface area contributed by atoms with E-state index in [2.05, 4.69) is 25.5 Å². The minimum Gasteiger partial charge on any atom is -0.468 e. The number of hydrogen-bond donors (Lipinski definition) is 0. The summed E-state index contributed by atoms with van der Waals surface area (Å²) < 4.78 is 4.51. The largest absolute Gasteiger partial charge is 0.468 e. The predicted molar refractivity (Wildman–Crippen MR) is 48.8 cm³/mol. The average Bonchev–Trinajstić information content (AvgIpc) is 1.85. The first-order valence-corrected chi connectivity index (χ1v) is 4.76. The highest BCUT2D eigenvalue weighted by Gasteiger charge is 2.11. The molecular weight excluding hydrogens is 160 g/mol. The summed E-state index contributed by atoms with van der Waals surface area (Å²) in [5.41, 5.74) is 0.290. The molecule has 0 spiro atoms. The van der Waals surface area contributed by atoms with Crippen molar-refractivity contribution < 1.29 is 9.53 Å². The summed E-state index contributed by atoms with van der Waals surface area (Å²) in [5.74, 6) is 1.31. The van der Waals surface area contributed by atoms with Crippen molar-refractivity contribution in [1.29, 1.82) is 0 Å². The molecule has 0 atom stereocenters. The van der Waals surface area contributed by atoms with Crippen LogP contribution in [0.25, 0.3) is 0 Å². The van der Waals surface area contributed by atoms with Gasteiger partial charge >= 0.3 is 5.97 Å². The monoisotopic (exact) mass is 176 g/mol. The van der Waals surface area contributed by atoms with Gasteiger partial charge in [-0.25, -0.2) is 0 Å². The molecule has 0 aromatic rings. The third kappa shape index (κ3) is 7.72. The Morgan fingerprint density at radius 3 is 2.36 bits per heavy atom. The van der Waals surface area contributed by atoms with Crippen LogP contribution in [0.1, 0.15) is 20.8 Å². The van der Waals surface area contributed by atoms with Crippen LogP contribution in [-0.2, 0) is 9.53 Å². The molecule has 0 fully saturated rings. The van der Waals surface area contributed by atoms with E-state index in [1.54, 1.807) is 11.8 Å². The number of methoxy groups -OCH3 is 1. The fourth-order valence-corrected chi connectivity index (χ4v) is 1.50. The van der Waals surface area contributed by atoms with Gasteiger partial charge in [0.25, 0.3) is 0 Å². The van der Waals surface area contributed by atoms with Crippen molar-refractivity contribution in [3.8, 4) is 0 Å². The zero-order valence-electron chi connectivity index (χ0n) is 7.64. The van der Waals surface area contributed by atoms with Crippen molar-refractivity contribution in [2.75, 3.05) is 18.6 Å². The van der Waals surface area contributed by atoms with Crippen molar-refractivity contribution in [1.82, 2.24) is 0 Å². The topological polar surface area (TPSA) is 26.3 Å². The summed E-state index contributed by atoms with van der Waals surface area (Å²) in [5, 5.41) is 0. The van der Waals surface area contributed by atoms with E-state index >= 15 is 0 Å². The zero-order valence-corrected chi connectivity index (χ0v) is 8.46. The normalized spacial score (nSPS) is 11.3. The Bertz CT molecular complexity index is 127. The van der Waals surface area contributed by atoms with Crippen molar-refractivity contribution in [2.45, 2.75) is 20.8 Å². The van der Waals surface area contributed by atoms with Gasteiger partial charge in [-0.2, -0.15) is 0 Å². The molecule has 0 saturated carbocycles. The number of carbonyl (C=O) groups is 1. The Morgan fingerprint density at radius 2 is 2.00 bits per heavy atom. The van der Waals surface area contributed by atoms with E-state index in [-0.39, 0.29) is 5.97 Å². The Balaban J connectivity index is 3.35. The van der Waals surface area contributed by atoms with Gasteiger partial charge in [0.15, 0.2) is 0 Å². The molecule has 0 aromatic carbocycles. The van der Waals surface area contributed by atoms with E-state index < -0.39 is 0 Å². The van der Waals surface area contributed by atoms with E-state index in [4.69, 9.17) is 0 Å². The maximum atomic E-state index is 10.7. The standard InChI is InChI=1S/C8H16O2S/c1-8(2,3)6-11-5-7(9)10-4/h5-6H2,1-4H3. The molecule has 0 amide bonds. The Kier molecular flexibility index (Phi) is 4.57. The van der Waals surface area contributed by atoms with E-state index in [9.17, 15) is 4.79 Å². The predicted octanol–water partition coefficient (Wildman–Crippen LogP) is 1.94. The van der Waals surface area contributed by atoms with Crippen molar-refractivity contribution in [3.05, 3.63) is 0 Å². The molecule has 66 valence electrons. The van der Waals surface area contributed by atoms with Crippen LogP contribution in [0.4, 0.5) is 0 Å². The van der Waals surface area contributed by atoms with Gasteiger partial charge in [0.2, 0.25) is 0 Å². The van der Waals surface area contributed by atoms with Crippen molar-refractivity contribution in [2.24, 2.45) is 5.41 Å². The number of esters is 1. The van der Waals surface area contributed by atoms with E-state index in [1.165, 1.54) is 7.11 Å². The van der Waals surface area contributed by atoms with Crippen LogP contribution in [-0.4, -0.2) is 24.6 Å². The molecule has 2 nitrogen and oxygen atoms in total. The van der Waals surface area contributed by atoms with E-state index in [0.717, 1.165) is 5.75 Å². The first-order chi connectivity index (χ1) is 4.95. The number of carbonyl (C=O) groups excluding carboxylic acids is 1. The maximum absolute atomic E-state index is 10.7. The third-order valence-electron chi connectivity index (χ3n) is 0.983. The van der Waals surface area contributed by atoms with Crippen LogP contribution < -0.4 is 0 Å². The number of thioether (sulfide) groups is 1. The van der Waals surface area contributed by atoms with Gasteiger partial charge < -0.3 is 4.74 Å². The molecule has 0 N–H and O–H groups in total. The van der Waals surface area contributed by atoms with Crippen molar-refractivity contribution in [3.63, 3.8) is 0 Å². The second-order valence-corrected chi connectivity index (χ2v) is 4.62. The lowest BCUT2D eigenvalue weighted by Crippen LogP contribution is -2.11. The lowest BCUT2D eigenvalue weighted by atomic mass is 10.0. The third-order valence-corrected chi connectivity index (χ3v) is 2.49. The summed E-state index contributed by atoms with van der Waals surface area (Å²) in [7, 11) is 1.42. The lowest BCUT2D eigenvalue weighted by molar-refractivity contribution is -0.137. The molecule has 0 radical (unpaired) electrons. The van der Waals surface area contributed by atoms with Crippen molar-refractivity contribution >= 4 is 17.7 Å². The highest BCUT2D eigenvalue weighted by Crippen LogP contribution is 2.19. The number of rotatable bonds is 3.